The van der Waals surface area contributed by atoms with E-state index in [2.05, 4.69) is 4.72 Å². The van der Waals surface area contributed by atoms with E-state index >= 15 is 0 Å². The molecule has 6 nitrogen and oxygen atoms in total. The van der Waals surface area contributed by atoms with Crippen LogP contribution < -0.4 is 9.46 Å². The Labute approximate surface area is 173 Å². The van der Waals surface area contributed by atoms with Gasteiger partial charge >= 0.3 is 0 Å². The molecule has 2 bridgehead atoms. The van der Waals surface area contributed by atoms with Crippen molar-refractivity contribution in [3.05, 3.63) is 29.3 Å². The molecule has 0 heterocycles. The van der Waals surface area contributed by atoms with E-state index in [1.54, 1.807) is 13.2 Å². The molecule has 4 rings (SSSR count). The van der Waals surface area contributed by atoms with E-state index in [9.17, 15) is 18.3 Å². The molecular formula is C22H31NO5S. The summed E-state index contributed by atoms with van der Waals surface area (Å²) in [5, 5.41) is 11.3. The molecule has 2 N–H and O–H groups in total. The zero-order valence-electron chi connectivity index (χ0n) is 17.5. The Morgan fingerprint density at radius 1 is 1.28 bits per heavy atom. The van der Waals surface area contributed by atoms with Gasteiger partial charge in [-0.05, 0) is 66.7 Å². The summed E-state index contributed by atoms with van der Waals surface area (Å²) >= 11 is 0. The number of fused-ring (bicyclic) bond motifs is 3. The standard InChI is InChI=1S/C22H31NO5S/c1-20(2)16-8-10-21(20,19(24)12-16)14-29(26,27)23-13-22(25)9-4-5-15-11-17(28-3)6-7-18(15)22/h6-7,11,16,23,25H,4-5,8-10,12-14H2,1-3H3. The van der Waals surface area contributed by atoms with Crippen LogP contribution in [0.1, 0.15) is 57.1 Å². The Hall–Kier alpha value is -1.44. The highest BCUT2D eigenvalue weighted by Crippen LogP contribution is 2.64. The van der Waals surface area contributed by atoms with E-state index in [1.165, 1.54) is 0 Å². The molecule has 160 valence electrons. The van der Waals surface area contributed by atoms with E-state index in [0.717, 1.165) is 36.1 Å². The number of carbonyl (C=O) groups is 1. The lowest BCUT2D eigenvalue weighted by Crippen LogP contribution is -2.48. The van der Waals surface area contributed by atoms with Crippen molar-refractivity contribution in [3.8, 4) is 5.75 Å². The van der Waals surface area contributed by atoms with Gasteiger partial charge in [0.25, 0.3) is 0 Å². The number of hydrogen-bond donors (Lipinski definition) is 2. The van der Waals surface area contributed by atoms with Crippen LogP contribution in [0.4, 0.5) is 0 Å². The highest BCUT2D eigenvalue weighted by Gasteiger charge is 2.65. The van der Waals surface area contributed by atoms with Crippen molar-refractivity contribution in [2.75, 3.05) is 19.4 Å². The average molecular weight is 422 g/mol. The number of ether oxygens (including phenoxy) is 1. The molecular weight excluding hydrogens is 390 g/mol. The molecule has 0 aromatic heterocycles. The zero-order chi connectivity index (χ0) is 21.1. The highest BCUT2D eigenvalue weighted by molar-refractivity contribution is 7.89. The lowest BCUT2D eigenvalue weighted by atomic mass is 9.70. The molecule has 3 aliphatic rings. The van der Waals surface area contributed by atoms with Crippen molar-refractivity contribution in [2.45, 2.75) is 58.0 Å². The third-order valence-electron chi connectivity index (χ3n) is 8.01. The van der Waals surface area contributed by atoms with Crippen LogP contribution in [0.15, 0.2) is 18.2 Å². The summed E-state index contributed by atoms with van der Waals surface area (Å²) in [5.74, 6) is 0.895. The quantitative estimate of drug-likeness (QED) is 0.736. The topological polar surface area (TPSA) is 92.7 Å². The molecule has 0 aliphatic heterocycles. The van der Waals surface area contributed by atoms with E-state index in [-0.39, 0.29) is 29.4 Å². The fourth-order valence-electron chi connectivity index (χ4n) is 5.96. The minimum absolute atomic E-state index is 0.0806. The van der Waals surface area contributed by atoms with Crippen LogP contribution in [0.2, 0.25) is 0 Å². The smallest absolute Gasteiger partial charge is 0.212 e. The van der Waals surface area contributed by atoms with E-state index in [1.807, 2.05) is 26.0 Å². The van der Waals surface area contributed by atoms with Gasteiger partial charge in [-0.25, -0.2) is 13.1 Å². The Balaban J connectivity index is 1.53. The van der Waals surface area contributed by atoms with E-state index < -0.39 is 21.0 Å². The lowest BCUT2D eigenvalue weighted by Gasteiger charge is -2.37. The summed E-state index contributed by atoms with van der Waals surface area (Å²) in [6, 6.07) is 5.53. The molecule has 2 fully saturated rings. The molecule has 29 heavy (non-hydrogen) atoms. The normalized spacial score (nSPS) is 33.0. The van der Waals surface area contributed by atoms with Crippen LogP contribution in [0.5, 0.6) is 5.75 Å². The van der Waals surface area contributed by atoms with Gasteiger partial charge < -0.3 is 9.84 Å². The molecule has 3 aliphatic carbocycles. The van der Waals surface area contributed by atoms with Gasteiger partial charge in [-0.15, -0.1) is 0 Å². The van der Waals surface area contributed by atoms with Crippen LogP contribution in [0.25, 0.3) is 0 Å². The Morgan fingerprint density at radius 3 is 2.66 bits per heavy atom. The number of aryl methyl sites for hydroxylation is 1. The first kappa shape index (κ1) is 20.8. The first-order valence-corrected chi connectivity index (χ1v) is 12.1. The van der Waals surface area contributed by atoms with Crippen molar-refractivity contribution in [2.24, 2.45) is 16.7 Å². The SMILES string of the molecule is COc1ccc2c(c1)CCCC2(O)CNS(=O)(=O)CC12CCC(CC1=O)C2(C)C. The largest absolute Gasteiger partial charge is 0.497 e. The van der Waals surface area contributed by atoms with Crippen LogP contribution in [0.3, 0.4) is 0 Å². The second-order valence-corrected chi connectivity index (χ2v) is 11.5. The number of Topliss-reactive ketones (excluding diaryl/α,β-unsaturated/α-hetero) is 1. The number of hydrogen-bond acceptors (Lipinski definition) is 5. The van der Waals surface area contributed by atoms with Crippen LogP contribution in [-0.4, -0.2) is 38.7 Å². The first-order chi connectivity index (χ1) is 13.5. The second kappa shape index (κ2) is 6.79. The summed E-state index contributed by atoms with van der Waals surface area (Å²) < 4.78 is 33.9. The van der Waals surface area contributed by atoms with Gasteiger partial charge in [-0.1, -0.05) is 19.9 Å². The molecule has 1 aromatic rings. The maximum atomic E-state index is 13.0. The van der Waals surface area contributed by atoms with Crippen LogP contribution in [-0.2, 0) is 26.8 Å². The lowest BCUT2D eigenvalue weighted by molar-refractivity contribution is -0.128. The van der Waals surface area contributed by atoms with Crippen molar-refractivity contribution >= 4 is 15.8 Å². The molecule has 1 aromatic carbocycles. The third-order valence-corrected chi connectivity index (χ3v) is 9.47. The molecule has 0 amide bonds. The number of sulfonamides is 1. The fourth-order valence-corrected chi connectivity index (χ4v) is 7.85. The van der Waals surface area contributed by atoms with Gasteiger partial charge in [0, 0.05) is 18.4 Å². The van der Waals surface area contributed by atoms with Gasteiger partial charge in [0.2, 0.25) is 10.0 Å². The summed E-state index contributed by atoms with van der Waals surface area (Å²) in [6.07, 6.45) is 4.13. The minimum atomic E-state index is -3.72. The number of nitrogens with one attached hydrogen (secondary N) is 1. The first-order valence-electron chi connectivity index (χ1n) is 10.4. The molecule has 2 saturated carbocycles. The fraction of sp³-hybridized carbons (Fsp3) is 0.682. The Morgan fingerprint density at radius 2 is 2.03 bits per heavy atom. The average Bonchev–Trinajstić information content (AvgIpc) is 3.00. The van der Waals surface area contributed by atoms with Crippen molar-refractivity contribution < 1.29 is 23.1 Å². The molecule has 3 atom stereocenters. The highest BCUT2D eigenvalue weighted by atomic mass is 32.2. The van der Waals surface area contributed by atoms with E-state index in [4.69, 9.17) is 4.74 Å². The maximum Gasteiger partial charge on any atom is 0.212 e. The molecule has 3 unspecified atom stereocenters. The Bertz CT molecular complexity index is 941. The predicted octanol–water partition coefficient (Wildman–Crippen LogP) is 2.53. The van der Waals surface area contributed by atoms with Crippen LogP contribution >= 0.6 is 0 Å². The monoisotopic (exact) mass is 421 g/mol. The third kappa shape index (κ3) is 3.22. The predicted molar refractivity (Wildman–Crippen MR) is 110 cm³/mol. The van der Waals surface area contributed by atoms with Gasteiger partial charge in [0.05, 0.1) is 12.9 Å². The van der Waals surface area contributed by atoms with Gasteiger partial charge in [-0.3, -0.25) is 4.79 Å². The zero-order valence-corrected chi connectivity index (χ0v) is 18.3. The van der Waals surface area contributed by atoms with Gasteiger partial charge in [0.15, 0.2) is 0 Å². The number of carbonyl (C=O) groups excluding carboxylic acids is 1. The molecule has 0 spiro atoms. The molecule has 7 heteroatoms. The van der Waals surface area contributed by atoms with Crippen molar-refractivity contribution in [1.29, 1.82) is 0 Å². The summed E-state index contributed by atoms with van der Waals surface area (Å²) in [6.45, 7) is 3.98. The molecule has 0 radical (unpaired) electrons. The van der Waals surface area contributed by atoms with Crippen LogP contribution in [0, 0.1) is 16.7 Å². The number of rotatable bonds is 6. The summed E-state index contributed by atoms with van der Waals surface area (Å²) in [7, 11) is -2.12. The Kier molecular flexibility index (Phi) is 4.87. The summed E-state index contributed by atoms with van der Waals surface area (Å²) in [5.41, 5.74) is -0.614. The van der Waals surface area contributed by atoms with Gasteiger partial charge in [-0.2, -0.15) is 0 Å². The molecule has 0 saturated heterocycles. The maximum absolute atomic E-state index is 13.0. The van der Waals surface area contributed by atoms with Gasteiger partial charge in [0.1, 0.15) is 17.1 Å². The number of ketones is 1. The van der Waals surface area contributed by atoms with Crippen molar-refractivity contribution in [3.63, 3.8) is 0 Å². The summed E-state index contributed by atoms with van der Waals surface area (Å²) in [4.78, 5) is 12.7. The number of aliphatic hydroxyl groups is 1. The number of benzene rings is 1. The van der Waals surface area contributed by atoms with E-state index in [0.29, 0.717) is 19.3 Å². The van der Waals surface area contributed by atoms with Crippen molar-refractivity contribution in [1.82, 2.24) is 4.72 Å². The minimum Gasteiger partial charge on any atom is -0.497 e. The number of methoxy groups -OCH3 is 1. The second-order valence-electron chi connectivity index (χ2n) is 9.66.